The zero-order valence-electron chi connectivity index (χ0n) is 20.8. The van der Waals surface area contributed by atoms with Crippen molar-refractivity contribution in [3.05, 3.63) is 65.5 Å². The highest BCUT2D eigenvalue weighted by molar-refractivity contribution is 5.94. The summed E-state index contributed by atoms with van der Waals surface area (Å²) in [6.07, 6.45) is 5.61. The second kappa shape index (κ2) is 12.9. The van der Waals surface area contributed by atoms with E-state index in [0.29, 0.717) is 18.7 Å². The molecule has 0 aliphatic heterocycles. The normalized spacial score (nSPS) is 11.0. The SMILES string of the molecule is CCCN(CCC)C(=O)Cn1c(CCCCCNC(=O)c2cccc(C)c2)nc2ccccc21. The predicted molar refractivity (Wildman–Crippen MR) is 138 cm³/mol. The van der Waals surface area contributed by atoms with Crippen molar-refractivity contribution in [3.63, 3.8) is 0 Å². The van der Waals surface area contributed by atoms with Crippen LogP contribution < -0.4 is 5.32 Å². The third-order valence-corrected chi connectivity index (χ3v) is 6.01. The van der Waals surface area contributed by atoms with Crippen LogP contribution in [0.15, 0.2) is 48.5 Å². The van der Waals surface area contributed by atoms with Crippen LogP contribution in [0.2, 0.25) is 0 Å². The molecule has 182 valence electrons. The van der Waals surface area contributed by atoms with Gasteiger partial charge in [0.05, 0.1) is 11.0 Å². The van der Waals surface area contributed by atoms with Crippen molar-refractivity contribution in [2.45, 2.75) is 65.8 Å². The highest BCUT2D eigenvalue weighted by Gasteiger charge is 2.17. The van der Waals surface area contributed by atoms with Crippen LogP contribution in [0.4, 0.5) is 0 Å². The number of nitrogens with one attached hydrogen (secondary N) is 1. The number of amides is 2. The molecule has 2 amide bonds. The van der Waals surface area contributed by atoms with Crippen molar-refractivity contribution in [1.29, 1.82) is 0 Å². The Morgan fingerprint density at radius 2 is 1.74 bits per heavy atom. The van der Waals surface area contributed by atoms with Gasteiger partial charge in [0.1, 0.15) is 12.4 Å². The number of aromatic nitrogens is 2. The molecule has 3 aromatic rings. The zero-order valence-corrected chi connectivity index (χ0v) is 20.8. The summed E-state index contributed by atoms with van der Waals surface area (Å²) in [5.74, 6) is 1.10. The van der Waals surface area contributed by atoms with Gasteiger partial charge in [0.2, 0.25) is 5.91 Å². The first-order valence-corrected chi connectivity index (χ1v) is 12.6. The fourth-order valence-electron chi connectivity index (χ4n) is 4.30. The number of hydrogen-bond donors (Lipinski definition) is 1. The number of aryl methyl sites for hydroxylation is 2. The van der Waals surface area contributed by atoms with E-state index in [9.17, 15) is 9.59 Å². The molecule has 6 nitrogen and oxygen atoms in total. The highest BCUT2D eigenvalue weighted by atomic mass is 16.2. The minimum atomic E-state index is -0.0206. The second-order valence-electron chi connectivity index (χ2n) is 8.92. The number of unbranched alkanes of at least 4 members (excludes halogenated alkanes) is 2. The van der Waals surface area contributed by atoms with Gasteiger partial charge in [-0.25, -0.2) is 4.98 Å². The van der Waals surface area contributed by atoms with Gasteiger partial charge in [-0.2, -0.15) is 0 Å². The number of benzene rings is 2. The van der Waals surface area contributed by atoms with Crippen LogP contribution in [0.1, 0.15) is 67.7 Å². The molecule has 1 heterocycles. The lowest BCUT2D eigenvalue weighted by Crippen LogP contribution is -2.35. The quantitative estimate of drug-likeness (QED) is 0.358. The molecule has 0 aliphatic carbocycles. The molecular weight excluding hydrogens is 424 g/mol. The number of carbonyl (C=O) groups excluding carboxylic acids is 2. The van der Waals surface area contributed by atoms with E-state index in [2.05, 4.69) is 23.7 Å². The van der Waals surface area contributed by atoms with E-state index < -0.39 is 0 Å². The van der Waals surface area contributed by atoms with Crippen LogP contribution in [0.25, 0.3) is 11.0 Å². The van der Waals surface area contributed by atoms with E-state index in [1.54, 1.807) is 0 Å². The molecule has 0 unspecified atom stereocenters. The molecule has 0 spiro atoms. The van der Waals surface area contributed by atoms with Crippen LogP contribution in [0.5, 0.6) is 0 Å². The van der Waals surface area contributed by atoms with Gasteiger partial charge < -0.3 is 14.8 Å². The Kier molecular flexibility index (Phi) is 9.68. The third-order valence-electron chi connectivity index (χ3n) is 6.01. The van der Waals surface area contributed by atoms with E-state index in [1.807, 2.05) is 60.4 Å². The molecular formula is C28H38N4O2. The number of hydrogen-bond acceptors (Lipinski definition) is 3. The third kappa shape index (κ3) is 6.92. The van der Waals surface area contributed by atoms with Crippen LogP contribution in [-0.4, -0.2) is 45.9 Å². The molecule has 0 fully saturated rings. The molecule has 0 atom stereocenters. The average Bonchev–Trinajstić information content (AvgIpc) is 3.18. The van der Waals surface area contributed by atoms with Crippen molar-refractivity contribution in [3.8, 4) is 0 Å². The van der Waals surface area contributed by atoms with Crippen molar-refractivity contribution < 1.29 is 9.59 Å². The monoisotopic (exact) mass is 462 g/mol. The van der Waals surface area contributed by atoms with E-state index in [0.717, 1.165) is 74.0 Å². The lowest BCUT2D eigenvalue weighted by atomic mass is 10.1. The molecule has 3 rings (SSSR count). The molecule has 0 saturated carbocycles. The van der Waals surface area contributed by atoms with Crippen molar-refractivity contribution in [2.75, 3.05) is 19.6 Å². The van der Waals surface area contributed by atoms with Gasteiger partial charge in [-0.05, 0) is 56.9 Å². The predicted octanol–water partition coefficient (Wildman–Crippen LogP) is 5.14. The fourth-order valence-corrected chi connectivity index (χ4v) is 4.30. The largest absolute Gasteiger partial charge is 0.352 e. The molecule has 0 radical (unpaired) electrons. The highest BCUT2D eigenvalue weighted by Crippen LogP contribution is 2.18. The Bertz CT molecular complexity index is 1080. The summed E-state index contributed by atoms with van der Waals surface area (Å²) in [6.45, 7) is 8.79. The van der Waals surface area contributed by atoms with Gasteiger partial charge in [0.25, 0.3) is 5.91 Å². The maximum atomic E-state index is 13.0. The first-order chi connectivity index (χ1) is 16.5. The van der Waals surface area contributed by atoms with Crippen LogP contribution in [-0.2, 0) is 17.8 Å². The summed E-state index contributed by atoms with van der Waals surface area (Å²) < 4.78 is 2.09. The Balaban J connectivity index is 1.55. The summed E-state index contributed by atoms with van der Waals surface area (Å²) in [5, 5.41) is 3.01. The van der Waals surface area contributed by atoms with Crippen LogP contribution >= 0.6 is 0 Å². The maximum Gasteiger partial charge on any atom is 0.251 e. The van der Waals surface area contributed by atoms with E-state index >= 15 is 0 Å². The zero-order chi connectivity index (χ0) is 24.3. The minimum Gasteiger partial charge on any atom is -0.352 e. The molecule has 0 bridgehead atoms. The summed E-state index contributed by atoms with van der Waals surface area (Å²) >= 11 is 0. The summed E-state index contributed by atoms with van der Waals surface area (Å²) in [4.78, 5) is 32.1. The number of imidazole rings is 1. The Morgan fingerprint density at radius 1 is 0.971 bits per heavy atom. The van der Waals surface area contributed by atoms with Crippen molar-refractivity contribution in [1.82, 2.24) is 19.8 Å². The molecule has 2 aromatic carbocycles. The van der Waals surface area contributed by atoms with Crippen molar-refractivity contribution in [2.24, 2.45) is 0 Å². The lowest BCUT2D eigenvalue weighted by molar-refractivity contribution is -0.131. The number of para-hydroxylation sites is 2. The summed E-state index contributed by atoms with van der Waals surface area (Å²) in [6, 6.07) is 15.7. The van der Waals surface area contributed by atoms with Gasteiger partial charge in [0.15, 0.2) is 0 Å². The number of carbonyl (C=O) groups is 2. The minimum absolute atomic E-state index is 0.0206. The molecule has 34 heavy (non-hydrogen) atoms. The van der Waals surface area contributed by atoms with Crippen molar-refractivity contribution >= 4 is 22.8 Å². The Hall–Kier alpha value is -3.15. The van der Waals surface area contributed by atoms with Gasteiger partial charge in [0, 0.05) is 31.6 Å². The first-order valence-electron chi connectivity index (χ1n) is 12.6. The van der Waals surface area contributed by atoms with Gasteiger partial charge in [-0.1, -0.05) is 50.1 Å². The summed E-state index contributed by atoms with van der Waals surface area (Å²) in [5.41, 5.74) is 3.75. The smallest absolute Gasteiger partial charge is 0.251 e. The topological polar surface area (TPSA) is 67.2 Å². The molecule has 1 aromatic heterocycles. The number of nitrogens with zero attached hydrogens (tertiary/aromatic N) is 3. The van der Waals surface area contributed by atoms with Gasteiger partial charge >= 0.3 is 0 Å². The number of rotatable bonds is 13. The van der Waals surface area contributed by atoms with Gasteiger partial charge in [-0.15, -0.1) is 0 Å². The molecule has 1 N–H and O–H groups in total. The number of fused-ring (bicyclic) bond motifs is 1. The van der Waals surface area contributed by atoms with Crippen LogP contribution in [0.3, 0.4) is 0 Å². The Morgan fingerprint density at radius 3 is 2.47 bits per heavy atom. The average molecular weight is 463 g/mol. The standard InChI is InChI=1S/C28H38N4O2/c1-4-18-31(19-5-2)27(33)21-32-25-15-9-8-14-24(25)30-26(32)16-7-6-10-17-29-28(34)23-13-11-12-22(3)20-23/h8-9,11-15,20H,4-7,10,16-19,21H2,1-3H3,(H,29,34). The van der Waals surface area contributed by atoms with E-state index in [4.69, 9.17) is 4.98 Å². The van der Waals surface area contributed by atoms with E-state index in [1.165, 1.54) is 0 Å². The molecule has 0 aliphatic rings. The van der Waals surface area contributed by atoms with Crippen LogP contribution in [0, 0.1) is 6.92 Å². The first kappa shape index (κ1) is 25.5. The van der Waals surface area contributed by atoms with E-state index in [-0.39, 0.29) is 11.8 Å². The second-order valence-corrected chi connectivity index (χ2v) is 8.92. The maximum absolute atomic E-state index is 13.0. The molecule has 6 heteroatoms. The molecule has 0 saturated heterocycles. The fraction of sp³-hybridized carbons (Fsp3) is 0.464. The lowest BCUT2D eigenvalue weighted by Gasteiger charge is -2.22. The Labute approximate surface area is 203 Å². The summed E-state index contributed by atoms with van der Waals surface area (Å²) in [7, 11) is 0. The van der Waals surface area contributed by atoms with Gasteiger partial charge in [-0.3, -0.25) is 9.59 Å².